The first kappa shape index (κ1) is 18.5. The molecule has 10 nitrogen and oxygen atoms in total. The second-order valence-electron chi connectivity index (χ2n) is 6.89. The molecule has 3 aromatic heterocycles. The van der Waals surface area contributed by atoms with Crippen LogP contribution in [-0.2, 0) is 15.6 Å². The van der Waals surface area contributed by atoms with Crippen LogP contribution in [0.3, 0.4) is 0 Å². The summed E-state index contributed by atoms with van der Waals surface area (Å²) in [6, 6.07) is 2.25. The topological polar surface area (TPSA) is 133 Å². The van der Waals surface area contributed by atoms with Crippen LogP contribution < -0.4 is 0 Å². The van der Waals surface area contributed by atoms with Gasteiger partial charge in [-0.1, -0.05) is 0 Å². The number of fused-ring (bicyclic) bond motifs is 1. The van der Waals surface area contributed by atoms with Crippen LogP contribution in [-0.4, -0.2) is 61.5 Å². The molecular formula is C17H20N8O2S. The molecule has 0 atom stereocenters. The zero-order chi connectivity index (χ0) is 19.8. The molecule has 0 unspecified atom stereocenters. The summed E-state index contributed by atoms with van der Waals surface area (Å²) in [5.74, 6) is 0.0819. The van der Waals surface area contributed by atoms with E-state index >= 15 is 0 Å². The van der Waals surface area contributed by atoms with Gasteiger partial charge >= 0.3 is 0 Å². The largest absolute Gasteiger partial charge is 0.265 e. The molecule has 1 saturated heterocycles. The molecule has 0 aliphatic carbocycles. The van der Waals surface area contributed by atoms with Gasteiger partial charge in [0.15, 0.2) is 5.65 Å². The van der Waals surface area contributed by atoms with Gasteiger partial charge in [0.2, 0.25) is 10.0 Å². The highest BCUT2D eigenvalue weighted by Gasteiger charge is 2.39. The summed E-state index contributed by atoms with van der Waals surface area (Å²) in [5.41, 5.74) is 1.62. The van der Waals surface area contributed by atoms with Crippen molar-refractivity contribution >= 4 is 21.1 Å². The second kappa shape index (κ2) is 6.96. The van der Waals surface area contributed by atoms with E-state index in [0.717, 1.165) is 10.9 Å². The molecule has 1 N–H and O–H groups in total. The van der Waals surface area contributed by atoms with E-state index in [4.69, 9.17) is 0 Å². The highest BCUT2D eigenvalue weighted by Crippen LogP contribution is 2.35. The van der Waals surface area contributed by atoms with Crippen LogP contribution in [0.15, 0.2) is 24.9 Å². The summed E-state index contributed by atoms with van der Waals surface area (Å²) in [7, 11) is -3.23. The lowest BCUT2D eigenvalue weighted by Crippen LogP contribution is -2.48. The van der Waals surface area contributed by atoms with Crippen LogP contribution in [0, 0.1) is 11.3 Å². The summed E-state index contributed by atoms with van der Waals surface area (Å²) in [6.07, 6.45) is 8.04. The van der Waals surface area contributed by atoms with Gasteiger partial charge in [0.1, 0.15) is 6.33 Å². The summed E-state index contributed by atoms with van der Waals surface area (Å²) in [4.78, 5) is 8.50. The van der Waals surface area contributed by atoms with E-state index in [1.807, 2.05) is 6.20 Å². The summed E-state index contributed by atoms with van der Waals surface area (Å²) in [6.45, 7) is 2.41. The van der Waals surface area contributed by atoms with E-state index in [9.17, 15) is 13.7 Å². The third-order valence-corrected chi connectivity index (χ3v) is 7.29. The minimum Gasteiger partial charge on any atom is -0.265 e. The Balaban J connectivity index is 1.66. The van der Waals surface area contributed by atoms with Crippen LogP contribution in [0.1, 0.15) is 26.2 Å². The molecule has 4 heterocycles. The van der Waals surface area contributed by atoms with Gasteiger partial charge in [0.25, 0.3) is 0 Å². The minimum absolute atomic E-state index is 0.0819. The summed E-state index contributed by atoms with van der Waals surface area (Å²) >= 11 is 0. The highest BCUT2D eigenvalue weighted by molar-refractivity contribution is 7.89. The van der Waals surface area contributed by atoms with Crippen LogP contribution >= 0.6 is 0 Å². The average molecular weight is 400 g/mol. The van der Waals surface area contributed by atoms with Crippen molar-refractivity contribution in [3.8, 4) is 17.3 Å². The van der Waals surface area contributed by atoms with Gasteiger partial charge in [-0.05, 0) is 19.8 Å². The van der Waals surface area contributed by atoms with Crippen molar-refractivity contribution in [2.24, 2.45) is 0 Å². The van der Waals surface area contributed by atoms with Crippen molar-refractivity contribution < 1.29 is 8.42 Å². The van der Waals surface area contributed by atoms with Gasteiger partial charge in [-0.15, -0.1) is 0 Å². The van der Waals surface area contributed by atoms with Crippen molar-refractivity contribution in [1.82, 2.24) is 34.3 Å². The Morgan fingerprint density at radius 1 is 1.29 bits per heavy atom. The molecule has 28 heavy (non-hydrogen) atoms. The monoisotopic (exact) mass is 400 g/mol. The molecule has 0 spiro atoms. The van der Waals surface area contributed by atoms with E-state index < -0.39 is 15.6 Å². The number of hydrogen-bond acceptors (Lipinski definition) is 7. The van der Waals surface area contributed by atoms with Gasteiger partial charge < -0.3 is 0 Å². The molecule has 0 saturated carbocycles. The number of H-pyrrole nitrogens is 1. The fourth-order valence-electron chi connectivity index (χ4n) is 3.70. The number of aromatic amines is 1. The Morgan fingerprint density at radius 2 is 2.07 bits per heavy atom. The van der Waals surface area contributed by atoms with Gasteiger partial charge in [-0.25, -0.2) is 22.7 Å². The number of nitriles is 1. The first-order chi connectivity index (χ1) is 13.5. The van der Waals surface area contributed by atoms with Crippen molar-refractivity contribution in [2.45, 2.75) is 31.7 Å². The van der Waals surface area contributed by atoms with Crippen LogP contribution in [0.4, 0.5) is 0 Å². The van der Waals surface area contributed by atoms with Gasteiger partial charge in [0, 0.05) is 24.8 Å². The minimum atomic E-state index is -3.23. The third kappa shape index (κ3) is 3.04. The number of nitrogens with one attached hydrogen (secondary N) is 1. The lowest BCUT2D eigenvalue weighted by Gasteiger charge is -2.40. The number of aromatic nitrogens is 6. The van der Waals surface area contributed by atoms with Gasteiger partial charge in [-0.3, -0.25) is 9.78 Å². The van der Waals surface area contributed by atoms with Crippen LogP contribution in [0.25, 0.3) is 22.3 Å². The molecule has 1 aliphatic heterocycles. The van der Waals surface area contributed by atoms with Crippen molar-refractivity contribution in [2.75, 3.05) is 18.8 Å². The van der Waals surface area contributed by atoms with Crippen LogP contribution in [0.2, 0.25) is 0 Å². The number of rotatable bonds is 5. The molecule has 0 aromatic carbocycles. The molecule has 3 aromatic rings. The Hall–Kier alpha value is -2.84. The predicted octanol–water partition coefficient (Wildman–Crippen LogP) is 1.27. The lowest BCUT2D eigenvalue weighted by molar-refractivity contribution is 0.148. The summed E-state index contributed by atoms with van der Waals surface area (Å²) in [5, 5.41) is 21.5. The van der Waals surface area contributed by atoms with Crippen molar-refractivity contribution in [3.63, 3.8) is 0 Å². The fourth-order valence-corrected chi connectivity index (χ4v) is 4.80. The standard InChI is InChI=1S/C17H20N8O2S/c1-2-28(26,27)24-7-4-17(3-6-18,5-8-24)25-11-13(9-22-25)15-14-10-21-23-16(14)20-12-19-15/h9-12H,2-5,7-8H2,1H3,(H,19,20,21,23). The Kier molecular flexibility index (Phi) is 4.60. The SMILES string of the molecule is CCS(=O)(=O)N1CCC(CC#N)(n2cc(-c3ncnc4[nH]ncc34)cn2)CC1. The fraction of sp³-hybridized carbons (Fsp3) is 0.471. The van der Waals surface area contributed by atoms with Crippen molar-refractivity contribution in [3.05, 3.63) is 24.9 Å². The number of hydrogen-bond donors (Lipinski definition) is 1. The first-order valence-corrected chi connectivity index (χ1v) is 10.6. The quantitative estimate of drug-likeness (QED) is 0.681. The average Bonchev–Trinajstić information content (AvgIpc) is 3.38. The van der Waals surface area contributed by atoms with E-state index in [2.05, 4.69) is 31.3 Å². The third-order valence-electron chi connectivity index (χ3n) is 5.41. The second-order valence-corrected chi connectivity index (χ2v) is 9.14. The first-order valence-electron chi connectivity index (χ1n) is 9.03. The van der Waals surface area contributed by atoms with Gasteiger partial charge in [0.05, 0.1) is 47.3 Å². The summed E-state index contributed by atoms with van der Waals surface area (Å²) < 4.78 is 27.6. The molecule has 0 bridgehead atoms. The maximum Gasteiger partial charge on any atom is 0.213 e. The van der Waals surface area contributed by atoms with E-state index in [1.165, 1.54) is 10.6 Å². The highest BCUT2D eigenvalue weighted by atomic mass is 32.2. The Labute approximate surface area is 162 Å². The molecule has 0 amide bonds. The van der Waals surface area contributed by atoms with E-state index in [1.54, 1.807) is 24.0 Å². The molecule has 11 heteroatoms. The molecule has 1 fully saturated rings. The number of nitrogens with zero attached hydrogens (tertiary/aromatic N) is 7. The predicted molar refractivity (Wildman–Crippen MR) is 101 cm³/mol. The normalized spacial score (nSPS) is 17.6. The molecule has 146 valence electrons. The van der Waals surface area contributed by atoms with Crippen molar-refractivity contribution in [1.29, 1.82) is 5.26 Å². The van der Waals surface area contributed by atoms with Crippen LogP contribution in [0.5, 0.6) is 0 Å². The zero-order valence-electron chi connectivity index (χ0n) is 15.4. The van der Waals surface area contributed by atoms with E-state index in [-0.39, 0.29) is 12.2 Å². The number of sulfonamides is 1. The number of piperidine rings is 1. The zero-order valence-corrected chi connectivity index (χ0v) is 16.2. The molecular weight excluding hydrogens is 380 g/mol. The molecule has 4 rings (SSSR count). The smallest absolute Gasteiger partial charge is 0.213 e. The Morgan fingerprint density at radius 3 is 2.79 bits per heavy atom. The molecule has 1 aliphatic rings. The lowest BCUT2D eigenvalue weighted by atomic mass is 9.85. The van der Waals surface area contributed by atoms with Gasteiger partial charge in [-0.2, -0.15) is 15.5 Å². The van der Waals surface area contributed by atoms with E-state index in [0.29, 0.717) is 37.3 Å². The molecule has 0 radical (unpaired) electrons. The Bertz CT molecular complexity index is 1140. The maximum atomic E-state index is 12.2. The maximum absolute atomic E-state index is 12.2.